The van der Waals surface area contributed by atoms with Gasteiger partial charge in [-0.2, -0.15) is 0 Å². The van der Waals surface area contributed by atoms with Crippen LogP contribution in [-0.2, 0) is 0 Å². The highest BCUT2D eigenvalue weighted by Gasteiger charge is 2.28. The first kappa shape index (κ1) is 12.5. The molecule has 2 unspecified atom stereocenters. The van der Waals surface area contributed by atoms with Crippen LogP contribution in [0, 0.1) is 0 Å². The molecule has 0 aliphatic carbocycles. The van der Waals surface area contributed by atoms with Crippen molar-refractivity contribution in [1.82, 2.24) is 0 Å². The molecule has 4 heteroatoms. The summed E-state index contributed by atoms with van der Waals surface area (Å²) in [4.78, 5) is 0. The maximum absolute atomic E-state index is 10.2. The predicted octanol–water partition coefficient (Wildman–Crippen LogP) is 3.71. The maximum Gasteiger partial charge on any atom is 0.127 e. The second-order valence-electron chi connectivity index (χ2n) is 4.64. The van der Waals surface area contributed by atoms with Gasteiger partial charge in [0.05, 0.1) is 6.10 Å². The maximum atomic E-state index is 10.2. The summed E-state index contributed by atoms with van der Waals surface area (Å²) in [6.45, 7) is 0. The molecule has 0 aromatic heterocycles. The molecule has 2 aromatic rings. The van der Waals surface area contributed by atoms with E-state index in [9.17, 15) is 10.2 Å². The predicted molar refractivity (Wildman–Crippen MR) is 75.2 cm³/mol. The number of aromatic hydroxyl groups is 1. The molecule has 0 saturated heterocycles. The number of benzene rings is 2. The van der Waals surface area contributed by atoms with Gasteiger partial charge in [-0.05, 0) is 35.9 Å². The van der Waals surface area contributed by atoms with Crippen LogP contribution in [0.4, 0.5) is 0 Å². The number of phenols is 1. The Labute approximate surface area is 119 Å². The lowest BCUT2D eigenvalue weighted by Gasteiger charge is -2.30. The van der Waals surface area contributed by atoms with Gasteiger partial charge in [0.15, 0.2) is 0 Å². The number of halogens is 1. The van der Waals surface area contributed by atoms with E-state index in [2.05, 4.69) is 15.9 Å². The molecule has 3 rings (SSSR count). The van der Waals surface area contributed by atoms with Crippen molar-refractivity contribution in [3.63, 3.8) is 0 Å². The highest BCUT2D eigenvalue weighted by Crippen LogP contribution is 2.42. The Balaban J connectivity index is 1.95. The summed E-state index contributed by atoms with van der Waals surface area (Å²) in [6, 6.07) is 12.6. The zero-order valence-electron chi connectivity index (χ0n) is 10.1. The molecular weight excluding hydrogens is 308 g/mol. The SMILES string of the molecule is Oc1cccc(C2CC(O)c3cc(Br)ccc3O2)c1. The summed E-state index contributed by atoms with van der Waals surface area (Å²) in [5.41, 5.74) is 1.67. The Morgan fingerprint density at radius 2 is 2.00 bits per heavy atom. The first-order valence-electron chi connectivity index (χ1n) is 6.06. The molecule has 0 spiro atoms. The summed E-state index contributed by atoms with van der Waals surface area (Å²) in [5.74, 6) is 0.896. The molecular formula is C15H13BrO3. The monoisotopic (exact) mass is 320 g/mol. The lowest BCUT2D eigenvalue weighted by atomic mass is 9.95. The third-order valence-corrected chi connectivity index (χ3v) is 3.77. The molecule has 0 fully saturated rings. The molecule has 0 saturated carbocycles. The second kappa shape index (κ2) is 4.87. The fourth-order valence-electron chi connectivity index (χ4n) is 2.35. The topological polar surface area (TPSA) is 49.7 Å². The van der Waals surface area contributed by atoms with Gasteiger partial charge in [0.25, 0.3) is 0 Å². The Morgan fingerprint density at radius 1 is 1.16 bits per heavy atom. The van der Waals surface area contributed by atoms with Gasteiger partial charge in [-0.3, -0.25) is 0 Å². The molecule has 2 atom stereocenters. The molecule has 2 N–H and O–H groups in total. The van der Waals surface area contributed by atoms with Gasteiger partial charge in [-0.1, -0.05) is 28.1 Å². The molecule has 19 heavy (non-hydrogen) atoms. The number of hydrogen-bond donors (Lipinski definition) is 2. The van der Waals surface area contributed by atoms with Crippen molar-refractivity contribution >= 4 is 15.9 Å². The van der Waals surface area contributed by atoms with Crippen molar-refractivity contribution < 1.29 is 14.9 Å². The van der Waals surface area contributed by atoms with Crippen molar-refractivity contribution in [3.8, 4) is 11.5 Å². The molecule has 0 radical (unpaired) electrons. The quantitative estimate of drug-likeness (QED) is 0.842. The summed E-state index contributed by atoms with van der Waals surface area (Å²) in [5, 5.41) is 19.7. The third kappa shape index (κ3) is 2.46. The van der Waals surface area contributed by atoms with E-state index < -0.39 is 6.10 Å². The number of hydrogen-bond acceptors (Lipinski definition) is 3. The molecule has 1 aliphatic rings. The molecule has 1 aliphatic heterocycles. The van der Waals surface area contributed by atoms with Crippen LogP contribution in [0.2, 0.25) is 0 Å². The molecule has 98 valence electrons. The smallest absolute Gasteiger partial charge is 0.127 e. The Kier molecular flexibility index (Phi) is 3.21. The molecule has 1 heterocycles. The van der Waals surface area contributed by atoms with Crippen molar-refractivity contribution in [2.45, 2.75) is 18.6 Å². The number of fused-ring (bicyclic) bond motifs is 1. The normalized spacial score (nSPS) is 21.6. The lowest BCUT2D eigenvalue weighted by Crippen LogP contribution is -2.18. The van der Waals surface area contributed by atoms with Crippen LogP contribution in [0.5, 0.6) is 11.5 Å². The van der Waals surface area contributed by atoms with Crippen molar-refractivity contribution in [2.24, 2.45) is 0 Å². The van der Waals surface area contributed by atoms with Crippen LogP contribution < -0.4 is 4.74 Å². The van der Waals surface area contributed by atoms with E-state index in [1.165, 1.54) is 0 Å². The van der Waals surface area contributed by atoms with E-state index in [4.69, 9.17) is 4.74 Å². The van der Waals surface area contributed by atoms with Crippen LogP contribution in [0.1, 0.15) is 29.8 Å². The van der Waals surface area contributed by atoms with Gasteiger partial charge < -0.3 is 14.9 Å². The highest BCUT2D eigenvalue weighted by molar-refractivity contribution is 9.10. The first-order chi connectivity index (χ1) is 9.13. The third-order valence-electron chi connectivity index (χ3n) is 3.28. The zero-order valence-corrected chi connectivity index (χ0v) is 11.7. The average Bonchev–Trinajstić information content (AvgIpc) is 2.39. The number of ether oxygens (including phenoxy) is 1. The summed E-state index contributed by atoms with van der Waals surface area (Å²) in [7, 11) is 0. The Morgan fingerprint density at radius 3 is 2.79 bits per heavy atom. The minimum atomic E-state index is -0.561. The van der Waals surface area contributed by atoms with Gasteiger partial charge in [0.1, 0.15) is 17.6 Å². The van der Waals surface area contributed by atoms with Crippen molar-refractivity contribution in [1.29, 1.82) is 0 Å². The lowest BCUT2D eigenvalue weighted by molar-refractivity contribution is 0.0655. The Hall–Kier alpha value is -1.52. The molecule has 0 amide bonds. The van der Waals surface area contributed by atoms with Gasteiger partial charge in [-0.25, -0.2) is 0 Å². The summed E-state index contributed by atoms with van der Waals surface area (Å²) < 4.78 is 6.83. The van der Waals surface area contributed by atoms with Gasteiger partial charge in [-0.15, -0.1) is 0 Å². The van der Waals surface area contributed by atoms with Crippen molar-refractivity contribution in [3.05, 3.63) is 58.1 Å². The van der Waals surface area contributed by atoms with E-state index in [0.29, 0.717) is 12.2 Å². The van der Waals surface area contributed by atoms with E-state index in [1.54, 1.807) is 18.2 Å². The number of aliphatic hydroxyl groups excluding tert-OH is 1. The fourth-order valence-corrected chi connectivity index (χ4v) is 2.73. The second-order valence-corrected chi connectivity index (χ2v) is 5.55. The summed E-state index contributed by atoms with van der Waals surface area (Å²) in [6.07, 6.45) is -0.322. The largest absolute Gasteiger partial charge is 0.508 e. The van der Waals surface area contributed by atoms with Crippen LogP contribution in [0.3, 0.4) is 0 Å². The standard InChI is InChI=1S/C15H13BrO3/c16-10-4-5-14-12(7-10)13(18)8-15(19-14)9-2-1-3-11(17)6-9/h1-7,13,15,17-18H,8H2. The fraction of sp³-hybridized carbons (Fsp3) is 0.200. The van der Waals surface area contributed by atoms with E-state index in [1.807, 2.05) is 24.3 Å². The van der Waals surface area contributed by atoms with Gasteiger partial charge in [0, 0.05) is 16.5 Å². The van der Waals surface area contributed by atoms with Crippen LogP contribution in [-0.4, -0.2) is 10.2 Å². The van der Waals surface area contributed by atoms with Crippen LogP contribution in [0.15, 0.2) is 46.9 Å². The minimum absolute atomic E-state index is 0.206. The minimum Gasteiger partial charge on any atom is -0.508 e. The van der Waals surface area contributed by atoms with Crippen molar-refractivity contribution in [2.75, 3.05) is 0 Å². The van der Waals surface area contributed by atoms with Gasteiger partial charge >= 0.3 is 0 Å². The molecule has 2 aromatic carbocycles. The summed E-state index contributed by atoms with van der Waals surface area (Å²) >= 11 is 3.39. The van der Waals surface area contributed by atoms with E-state index >= 15 is 0 Å². The highest BCUT2D eigenvalue weighted by atomic mass is 79.9. The van der Waals surface area contributed by atoms with Crippen LogP contribution in [0.25, 0.3) is 0 Å². The molecule has 3 nitrogen and oxygen atoms in total. The van der Waals surface area contributed by atoms with Crippen LogP contribution >= 0.6 is 15.9 Å². The average molecular weight is 321 g/mol. The first-order valence-corrected chi connectivity index (χ1v) is 6.86. The zero-order chi connectivity index (χ0) is 13.4. The van der Waals surface area contributed by atoms with E-state index in [-0.39, 0.29) is 11.9 Å². The number of rotatable bonds is 1. The number of aliphatic hydroxyl groups is 1. The molecule has 0 bridgehead atoms. The van der Waals surface area contributed by atoms with E-state index in [0.717, 1.165) is 15.6 Å². The Bertz CT molecular complexity index is 612. The van der Waals surface area contributed by atoms with Gasteiger partial charge in [0.2, 0.25) is 0 Å². The number of phenolic OH excluding ortho intramolecular Hbond substituents is 1.